The Labute approximate surface area is 67.0 Å². The molecule has 1 atom stereocenters. The third-order valence-electron chi connectivity index (χ3n) is 2.66. The molecule has 1 fully saturated rings. The van der Waals surface area contributed by atoms with E-state index in [9.17, 15) is 4.79 Å². The molecule has 11 heavy (non-hydrogen) atoms. The van der Waals surface area contributed by atoms with E-state index in [4.69, 9.17) is 5.11 Å². The van der Waals surface area contributed by atoms with Crippen molar-refractivity contribution < 1.29 is 9.90 Å². The molecule has 0 bridgehead atoms. The maximum absolute atomic E-state index is 10.5. The lowest BCUT2D eigenvalue weighted by Crippen LogP contribution is -2.39. The van der Waals surface area contributed by atoms with Crippen LogP contribution in [0.2, 0.25) is 0 Å². The largest absolute Gasteiger partial charge is 0.481 e. The van der Waals surface area contributed by atoms with Gasteiger partial charge in [0.25, 0.3) is 0 Å². The van der Waals surface area contributed by atoms with Gasteiger partial charge in [0.2, 0.25) is 0 Å². The van der Waals surface area contributed by atoms with Crippen LogP contribution in [-0.2, 0) is 4.79 Å². The fraction of sp³-hybridized carbons (Fsp3) is 0.875. The molecule has 0 aromatic carbocycles. The summed E-state index contributed by atoms with van der Waals surface area (Å²) in [6.45, 7) is 3.05. The minimum Gasteiger partial charge on any atom is -0.481 e. The lowest BCUT2D eigenvalue weighted by atomic mass is 9.95. The smallest absolute Gasteiger partial charge is 0.305 e. The molecule has 0 aromatic heterocycles. The summed E-state index contributed by atoms with van der Waals surface area (Å²) >= 11 is 0. The molecular weight excluding hydrogens is 142 g/mol. The van der Waals surface area contributed by atoms with E-state index in [1.807, 2.05) is 14.0 Å². The Morgan fingerprint density at radius 2 is 2.36 bits per heavy atom. The Balaban J connectivity index is 2.58. The van der Waals surface area contributed by atoms with Crippen molar-refractivity contribution in [2.75, 3.05) is 13.6 Å². The maximum atomic E-state index is 10.5. The highest BCUT2D eigenvalue weighted by molar-refractivity contribution is 5.68. The minimum atomic E-state index is -0.693. The van der Waals surface area contributed by atoms with Crippen LogP contribution in [0.5, 0.6) is 0 Å². The third kappa shape index (κ3) is 1.71. The molecule has 0 aromatic rings. The van der Waals surface area contributed by atoms with E-state index >= 15 is 0 Å². The van der Waals surface area contributed by atoms with E-state index in [-0.39, 0.29) is 12.0 Å². The van der Waals surface area contributed by atoms with E-state index in [1.54, 1.807) is 0 Å². The zero-order valence-corrected chi connectivity index (χ0v) is 7.13. The van der Waals surface area contributed by atoms with Crippen LogP contribution in [0.25, 0.3) is 0 Å². The second kappa shape index (κ2) is 2.81. The quantitative estimate of drug-likeness (QED) is 0.648. The molecule has 64 valence electrons. The van der Waals surface area contributed by atoms with Crippen molar-refractivity contribution in [1.82, 2.24) is 4.90 Å². The molecule has 0 spiro atoms. The Kier molecular flexibility index (Phi) is 2.18. The van der Waals surface area contributed by atoms with Crippen LogP contribution in [-0.4, -0.2) is 35.1 Å². The lowest BCUT2D eigenvalue weighted by Gasteiger charge is -2.30. The Bertz CT molecular complexity index is 169. The van der Waals surface area contributed by atoms with Crippen molar-refractivity contribution in [3.63, 3.8) is 0 Å². The number of hydrogen-bond acceptors (Lipinski definition) is 2. The molecule has 1 rings (SSSR count). The number of carbonyl (C=O) groups is 1. The van der Waals surface area contributed by atoms with E-state index in [0.29, 0.717) is 0 Å². The van der Waals surface area contributed by atoms with Crippen LogP contribution in [0.15, 0.2) is 0 Å². The molecule has 1 N–H and O–H groups in total. The summed E-state index contributed by atoms with van der Waals surface area (Å²) in [7, 11) is 2.00. The second-order valence-corrected chi connectivity index (χ2v) is 3.59. The summed E-state index contributed by atoms with van der Waals surface area (Å²) in [6, 6.07) is 0. The number of hydrogen-bond donors (Lipinski definition) is 1. The van der Waals surface area contributed by atoms with Gasteiger partial charge in [-0.3, -0.25) is 4.79 Å². The molecule has 0 saturated carbocycles. The van der Waals surface area contributed by atoms with Crippen LogP contribution in [0, 0.1) is 0 Å². The average molecular weight is 157 g/mol. The fourth-order valence-corrected chi connectivity index (χ4v) is 1.71. The molecule has 1 heterocycles. The highest BCUT2D eigenvalue weighted by atomic mass is 16.4. The van der Waals surface area contributed by atoms with Gasteiger partial charge in [-0.25, -0.2) is 0 Å². The van der Waals surface area contributed by atoms with Gasteiger partial charge in [-0.2, -0.15) is 0 Å². The van der Waals surface area contributed by atoms with Crippen molar-refractivity contribution in [3.05, 3.63) is 0 Å². The zero-order valence-electron chi connectivity index (χ0n) is 7.13. The van der Waals surface area contributed by atoms with Gasteiger partial charge in [0.15, 0.2) is 0 Å². The number of carboxylic acid groups (broad SMARTS) is 1. The van der Waals surface area contributed by atoms with Crippen LogP contribution in [0.4, 0.5) is 0 Å². The molecule has 1 aliphatic heterocycles. The van der Waals surface area contributed by atoms with Crippen molar-refractivity contribution in [3.8, 4) is 0 Å². The van der Waals surface area contributed by atoms with Crippen molar-refractivity contribution >= 4 is 5.97 Å². The van der Waals surface area contributed by atoms with E-state index in [1.165, 1.54) is 0 Å². The number of carboxylic acids is 1. The third-order valence-corrected chi connectivity index (χ3v) is 2.66. The first-order chi connectivity index (χ1) is 5.04. The summed E-state index contributed by atoms with van der Waals surface area (Å²) in [5.74, 6) is -0.693. The first-order valence-corrected chi connectivity index (χ1v) is 3.98. The highest BCUT2D eigenvalue weighted by Gasteiger charge is 2.35. The topological polar surface area (TPSA) is 40.5 Å². The average Bonchev–Trinajstić information content (AvgIpc) is 2.11. The van der Waals surface area contributed by atoms with Gasteiger partial charge in [0, 0.05) is 5.54 Å². The van der Waals surface area contributed by atoms with Gasteiger partial charge in [0.1, 0.15) is 0 Å². The fourth-order valence-electron chi connectivity index (χ4n) is 1.71. The molecule has 0 aliphatic carbocycles. The van der Waals surface area contributed by atoms with Gasteiger partial charge in [-0.1, -0.05) is 0 Å². The summed E-state index contributed by atoms with van der Waals surface area (Å²) < 4.78 is 0. The number of aliphatic carboxylic acids is 1. The highest BCUT2D eigenvalue weighted by Crippen LogP contribution is 2.29. The van der Waals surface area contributed by atoms with Gasteiger partial charge in [-0.05, 0) is 33.4 Å². The predicted octanol–water partition coefficient (Wildman–Crippen LogP) is 0.945. The summed E-state index contributed by atoms with van der Waals surface area (Å²) in [5, 5.41) is 8.63. The molecule has 1 unspecified atom stereocenters. The van der Waals surface area contributed by atoms with E-state index < -0.39 is 5.97 Å². The van der Waals surface area contributed by atoms with Crippen LogP contribution in [0.1, 0.15) is 26.2 Å². The Hall–Kier alpha value is -0.570. The number of rotatable bonds is 2. The van der Waals surface area contributed by atoms with Crippen LogP contribution in [0.3, 0.4) is 0 Å². The molecule has 3 nitrogen and oxygen atoms in total. The normalized spacial score (nSPS) is 32.5. The maximum Gasteiger partial charge on any atom is 0.305 e. The number of nitrogens with zero attached hydrogens (tertiary/aromatic N) is 1. The molecule has 1 saturated heterocycles. The van der Waals surface area contributed by atoms with Gasteiger partial charge in [0.05, 0.1) is 6.42 Å². The van der Waals surface area contributed by atoms with Gasteiger partial charge in [-0.15, -0.1) is 0 Å². The lowest BCUT2D eigenvalue weighted by molar-refractivity contribution is -0.139. The van der Waals surface area contributed by atoms with E-state index in [2.05, 4.69) is 4.90 Å². The van der Waals surface area contributed by atoms with Crippen molar-refractivity contribution in [2.24, 2.45) is 0 Å². The first kappa shape index (κ1) is 8.53. The van der Waals surface area contributed by atoms with Crippen molar-refractivity contribution in [2.45, 2.75) is 31.7 Å². The molecule has 0 radical (unpaired) electrons. The van der Waals surface area contributed by atoms with Crippen LogP contribution >= 0.6 is 0 Å². The van der Waals surface area contributed by atoms with Gasteiger partial charge < -0.3 is 10.0 Å². The molecule has 1 aliphatic rings. The van der Waals surface area contributed by atoms with E-state index in [0.717, 1.165) is 19.4 Å². The Morgan fingerprint density at radius 1 is 1.73 bits per heavy atom. The molecule has 3 heteroatoms. The SMILES string of the molecule is CN1CCCC1(C)CC(=O)O. The van der Waals surface area contributed by atoms with Gasteiger partial charge >= 0.3 is 5.97 Å². The first-order valence-electron chi connectivity index (χ1n) is 3.98. The number of likely N-dealkylation sites (tertiary alicyclic amines) is 1. The molecular formula is C8H15NO2. The predicted molar refractivity (Wildman–Crippen MR) is 42.5 cm³/mol. The standard InChI is InChI=1S/C8H15NO2/c1-8(6-7(10)11)4-3-5-9(8)2/h3-6H2,1-2H3,(H,10,11). The van der Waals surface area contributed by atoms with Crippen molar-refractivity contribution in [1.29, 1.82) is 0 Å². The summed E-state index contributed by atoms with van der Waals surface area (Å²) in [6.07, 6.45) is 2.40. The minimum absolute atomic E-state index is 0.0914. The Morgan fingerprint density at radius 3 is 2.73 bits per heavy atom. The molecule has 0 amide bonds. The van der Waals surface area contributed by atoms with Crippen LogP contribution < -0.4 is 0 Å². The monoisotopic (exact) mass is 157 g/mol. The summed E-state index contributed by atoms with van der Waals surface area (Å²) in [4.78, 5) is 12.6. The zero-order chi connectivity index (χ0) is 8.48. The summed E-state index contributed by atoms with van der Waals surface area (Å²) in [5.41, 5.74) is -0.0914. The second-order valence-electron chi connectivity index (χ2n) is 3.59.